The molecule has 0 spiro atoms. The van der Waals surface area contributed by atoms with Gasteiger partial charge in [-0.1, -0.05) is 17.7 Å². The summed E-state index contributed by atoms with van der Waals surface area (Å²) in [7, 11) is 3.86. The molecule has 0 bridgehead atoms. The van der Waals surface area contributed by atoms with E-state index in [1.807, 2.05) is 25.9 Å². The summed E-state index contributed by atoms with van der Waals surface area (Å²) in [6.07, 6.45) is 1.45. The molecule has 132 valence electrons. The van der Waals surface area contributed by atoms with Crippen LogP contribution in [0.2, 0.25) is 5.02 Å². The molecule has 0 fully saturated rings. The molecule has 0 aliphatic carbocycles. The van der Waals surface area contributed by atoms with Crippen molar-refractivity contribution in [1.29, 1.82) is 0 Å². The van der Waals surface area contributed by atoms with Crippen molar-refractivity contribution in [2.75, 3.05) is 32.5 Å². The zero-order valence-electron chi connectivity index (χ0n) is 14.5. The Labute approximate surface area is 152 Å². The molecule has 1 aromatic heterocycles. The zero-order chi connectivity index (χ0) is 18.4. The summed E-state index contributed by atoms with van der Waals surface area (Å²) in [5, 5.41) is 6.14. The minimum Gasteiger partial charge on any atom is -0.351 e. The van der Waals surface area contributed by atoms with Crippen molar-refractivity contribution in [2.45, 2.75) is 6.92 Å². The van der Waals surface area contributed by atoms with Gasteiger partial charge in [0.15, 0.2) is 0 Å². The average molecular weight is 361 g/mol. The van der Waals surface area contributed by atoms with Crippen LogP contribution in [0, 0.1) is 6.92 Å². The molecule has 0 radical (unpaired) electrons. The van der Waals surface area contributed by atoms with E-state index < -0.39 is 5.91 Å². The van der Waals surface area contributed by atoms with E-state index in [9.17, 15) is 9.59 Å². The van der Waals surface area contributed by atoms with Gasteiger partial charge in [-0.05, 0) is 50.8 Å². The van der Waals surface area contributed by atoms with Gasteiger partial charge < -0.3 is 15.5 Å². The third-order valence-electron chi connectivity index (χ3n) is 3.62. The summed E-state index contributed by atoms with van der Waals surface area (Å²) in [5.41, 5.74) is 1.94. The lowest BCUT2D eigenvalue weighted by atomic mass is 10.1. The van der Waals surface area contributed by atoms with Gasteiger partial charge in [-0.2, -0.15) is 0 Å². The summed E-state index contributed by atoms with van der Waals surface area (Å²) in [6, 6.07) is 8.32. The lowest BCUT2D eigenvalue weighted by molar-refractivity contribution is 0.0951. The SMILES string of the molecule is Cc1c(Cl)cccc1NC(=O)c1cc(C(=O)NCCN(C)C)ccn1. The molecule has 2 rings (SSSR count). The van der Waals surface area contributed by atoms with Crippen molar-refractivity contribution in [2.24, 2.45) is 0 Å². The number of aromatic nitrogens is 1. The fourth-order valence-electron chi connectivity index (χ4n) is 2.12. The average Bonchev–Trinajstić information content (AvgIpc) is 2.58. The minimum absolute atomic E-state index is 0.166. The van der Waals surface area contributed by atoms with Gasteiger partial charge in [0.2, 0.25) is 0 Å². The molecule has 0 atom stereocenters. The first kappa shape index (κ1) is 18.9. The number of rotatable bonds is 6. The highest BCUT2D eigenvalue weighted by Crippen LogP contribution is 2.23. The number of hydrogen-bond acceptors (Lipinski definition) is 4. The highest BCUT2D eigenvalue weighted by atomic mass is 35.5. The van der Waals surface area contributed by atoms with Gasteiger partial charge in [0.05, 0.1) is 0 Å². The number of carbonyl (C=O) groups excluding carboxylic acids is 2. The second kappa shape index (κ2) is 8.60. The highest BCUT2D eigenvalue weighted by Gasteiger charge is 2.13. The topological polar surface area (TPSA) is 74.3 Å². The Morgan fingerprint density at radius 3 is 2.68 bits per heavy atom. The monoisotopic (exact) mass is 360 g/mol. The largest absolute Gasteiger partial charge is 0.351 e. The normalized spacial score (nSPS) is 10.6. The van der Waals surface area contributed by atoms with Crippen LogP contribution in [0.1, 0.15) is 26.4 Å². The molecule has 0 saturated carbocycles. The standard InChI is InChI=1S/C18H21ClN4O2/c1-12-14(19)5-4-6-15(12)22-18(25)16-11-13(7-8-20-16)17(24)21-9-10-23(2)3/h4-8,11H,9-10H2,1-3H3,(H,21,24)(H,22,25). The van der Waals surface area contributed by atoms with Crippen LogP contribution in [0.4, 0.5) is 5.69 Å². The number of halogens is 1. The van der Waals surface area contributed by atoms with Gasteiger partial charge in [0.1, 0.15) is 5.69 Å². The van der Waals surface area contributed by atoms with Crippen LogP contribution in [0.5, 0.6) is 0 Å². The first-order valence-electron chi connectivity index (χ1n) is 7.84. The Morgan fingerprint density at radius 1 is 1.20 bits per heavy atom. The summed E-state index contributed by atoms with van der Waals surface area (Å²) in [6.45, 7) is 3.08. The molecule has 6 nitrogen and oxygen atoms in total. The molecule has 0 aliphatic heterocycles. The minimum atomic E-state index is -0.395. The summed E-state index contributed by atoms with van der Waals surface area (Å²) in [5.74, 6) is -0.634. The maximum Gasteiger partial charge on any atom is 0.274 e. The van der Waals surface area contributed by atoms with Crippen LogP contribution in [0.15, 0.2) is 36.5 Å². The maximum atomic E-state index is 12.4. The van der Waals surface area contributed by atoms with Gasteiger partial charge in [0.25, 0.3) is 11.8 Å². The number of carbonyl (C=O) groups is 2. The maximum absolute atomic E-state index is 12.4. The third kappa shape index (κ3) is 5.27. The molecule has 0 aliphatic rings. The van der Waals surface area contributed by atoms with Crippen LogP contribution >= 0.6 is 11.6 Å². The van der Waals surface area contributed by atoms with E-state index in [-0.39, 0.29) is 11.6 Å². The van der Waals surface area contributed by atoms with Crippen molar-refractivity contribution < 1.29 is 9.59 Å². The number of hydrogen-bond donors (Lipinski definition) is 2. The fourth-order valence-corrected chi connectivity index (χ4v) is 2.29. The summed E-state index contributed by atoms with van der Waals surface area (Å²) < 4.78 is 0. The van der Waals surface area contributed by atoms with E-state index in [0.29, 0.717) is 22.8 Å². The number of anilines is 1. The van der Waals surface area contributed by atoms with Crippen LogP contribution in [-0.4, -0.2) is 48.9 Å². The molecular formula is C18H21ClN4O2. The molecule has 2 amide bonds. The van der Waals surface area contributed by atoms with E-state index in [2.05, 4.69) is 15.6 Å². The van der Waals surface area contributed by atoms with Crippen molar-refractivity contribution in [3.63, 3.8) is 0 Å². The number of nitrogens with zero attached hydrogens (tertiary/aromatic N) is 2. The van der Waals surface area contributed by atoms with E-state index >= 15 is 0 Å². The highest BCUT2D eigenvalue weighted by molar-refractivity contribution is 6.31. The van der Waals surface area contributed by atoms with Gasteiger partial charge >= 0.3 is 0 Å². The van der Waals surface area contributed by atoms with E-state index in [1.54, 1.807) is 24.3 Å². The third-order valence-corrected chi connectivity index (χ3v) is 4.02. The smallest absolute Gasteiger partial charge is 0.274 e. The van der Waals surface area contributed by atoms with Gasteiger partial charge in [0, 0.05) is 35.6 Å². The predicted molar refractivity (Wildman–Crippen MR) is 99.3 cm³/mol. The number of nitrogens with one attached hydrogen (secondary N) is 2. The van der Waals surface area contributed by atoms with E-state index in [4.69, 9.17) is 11.6 Å². The lowest BCUT2D eigenvalue weighted by Gasteiger charge is -2.11. The number of benzene rings is 1. The molecule has 1 aromatic carbocycles. The molecular weight excluding hydrogens is 340 g/mol. The molecule has 25 heavy (non-hydrogen) atoms. The number of amides is 2. The Balaban J connectivity index is 2.08. The van der Waals surface area contributed by atoms with Crippen LogP contribution in [0.25, 0.3) is 0 Å². The second-order valence-corrected chi connectivity index (χ2v) is 6.26. The lowest BCUT2D eigenvalue weighted by Crippen LogP contribution is -2.31. The van der Waals surface area contributed by atoms with E-state index in [1.165, 1.54) is 12.3 Å². The van der Waals surface area contributed by atoms with Gasteiger partial charge in [-0.15, -0.1) is 0 Å². The zero-order valence-corrected chi connectivity index (χ0v) is 15.2. The molecule has 0 unspecified atom stereocenters. The molecule has 2 aromatic rings. The Hall–Kier alpha value is -2.44. The van der Waals surface area contributed by atoms with Crippen LogP contribution < -0.4 is 10.6 Å². The van der Waals surface area contributed by atoms with Gasteiger partial charge in [-0.3, -0.25) is 14.6 Å². The Bertz CT molecular complexity index is 777. The van der Waals surface area contributed by atoms with Crippen molar-refractivity contribution >= 4 is 29.1 Å². The fraction of sp³-hybridized carbons (Fsp3) is 0.278. The number of pyridine rings is 1. The first-order valence-corrected chi connectivity index (χ1v) is 8.21. The quantitative estimate of drug-likeness (QED) is 0.830. The number of likely N-dealkylation sites (N-methyl/N-ethyl adjacent to an activating group) is 1. The summed E-state index contributed by atoms with van der Waals surface area (Å²) >= 11 is 6.06. The molecule has 1 heterocycles. The molecule has 7 heteroatoms. The predicted octanol–water partition coefficient (Wildman–Crippen LogP) is 2.59. The second-order valence-electron chi connectivity index (χ2n) is 5.86. The van der Waals surface area contributed by atoms with Crippen molar-refractivity contribution in [1.82, 2.24) is 15.2 Å². The van der Waals surface area contributed by atoms with Gasteiger partial charge in [-0.25, -0.2) is 0 Å². The van der Waals surface area contributed by atoms with Crippen LogP contribution in [0.3, 0.4) is 0 Å². The Kier molecular flexibility index (Phi) is 6.50. The first-order chi connectivity index (χ1) is 11.9. The van der Waals surface area contributed by atoms with Crippen molar-refractivity contribution in [3.05, 3.63) is 58.4 Å². The molecule has 0 saturated heterocycles. The Morgan fingerprint density at radius 2 is 1.96 bits per heavy atom. The van der Waals surface area contributed by atoms with Crippen LogP contribution in [-0.2, 0) is 0 Å². The molecule has 2 N–H and O–H groups in total. The van der Waals surface area contributed by atoms with Crippen molar-refractivity contribution in [3.8, 4) is 0 Å². The summed E-state index contributed by atoms with van der Waals surface area (Å²) in [4.78, 5) is 30.6. The van der Waals surface area contributed by atoms with E-state index in [0.717, 1.165) is 12.1 Å².